The molecule has 0 spiro atoms. The number of aromatic hydroxyl groups is 1. The van der Waals surface area contributed by atoms with Crippen molar-refractivity contribution in [2.45, 2.75) is 44.6 Å². The molecule has 1 aromatic rings. The molecule has 1 N–H and O–H groups in total. The molecule has 2 nitrogen and oxygen atoms in total. The molecule has 1 aromatic carbocycles. The second kappa shape index (κ2) is 4.69. The number of likely N-dealkylation sites (tertiary alicyclic amines) is 1. The standard InChI is InChI=1S/C15H21NO/c17-15-7-5-6-12-13(15)8-9-14(12)16-10-3-1-2-4-11-16/h5-7,14,17H,1-4,8-11H2. The van der Waals surface area contributed by atoms with Crippen molar-refractivity contribution in [3.63, 3.8) is 0 Å². The maximum Gasteiger partial charge on any atom is 0.119 e. The Labute approximate surface area is 103 Å². The summed E-state index contributed by atoms with van der Waals surface area (Å²) in [5, 5.41) is 9.88. The molecular formula is C15H21NO. The van der Waals surface area contributed by atoms with Crippen molar-refractivity contribution in [2.24, 2.45) is 0 Å². The van der Waals surface area contributed by atoms with Crippen LogP contribution in [0.1, 0.15) is 49.3 Å². The second-order valence-corrected chi connectivity index (χ2v) is 5.35. The summed E-state index contributed by atoms with van der Waals surface area (Å²) < 4.78 is 0. The van der Waals surface area contributed by atoms with Gasteiger partial charge in [0.2, 0.25) is 0 Å². The van der Waals surface area contributed by atoms with E-state index in [9.17, 15) is 5.11 Å². The maximum absolute atomic E-state index is 9.88. The molecule has 0 saturated carbocycles. The molecule has 2 aliphatic rings. The van der Waals surface area contributed by atoms with Crippen LogP contribution in [0.3, 0.4) is 0 Å². The minimum Gasteiger partial charge on any atom is -0.508 e. The predicted molar refractivity (Wildman–Crippen MR) is 69.2 cm³/mol. The van der Waals surface area contributed by atoms with Crippen LogP contribution in [0.25, 0.3) is 0 Å². The lowest BCUT2D eigenvalue weighted by Crippen LogP contribution is -2.28. The monoisotopic (exact) mass is 231 g/mol. The average molecular weight is 231 g/mol. The summed E-state index contributed by atoms with van der Waals surface area (Å²) in [5.74, 6) is 0.500. The van der Waals surface area contributed by atoms with Gasteiger partial charge in [-0.2, -0.15) is 0 Å². The Hall–Kier alpha value is -1.02. The van der Waals surface area contributed by atoms with Gasteiger partial charge in [0.05, 0.1) is 0 Å². The highest BCUT2D eigenvalue weighted by Crippen LogP contribution is 2.40. The average Bonchev–Trinajstić information content (AvgIpc) is 2.59. The van der Waals surface area contributed by atoms with Gasteiger partial charge in [-0.05, 0) is 56.0 Å². The summed E-state index contributed by atoms with van der Waals surface area (Å²) in [5.41, 5.74) is 2.58. The highest BCUT2D eigenvalue weighted by atomic mass is 16.3. The smallest absolute Gasteiger partial charge is 0.119 e. The summed E-state index contributed by atoms with van der Waals surface area (Å²) in [4.78, 5) is 2.64. The molecular weight excluding hydrogens is 210 g/mol. The zero-order chi connectivity index (χ0) is 11.7. The fourth-order valence-electron chi connectivity index (χ4n) is 3.40. The van der Waals surface area contributed by atoms with Crippen molar-refractivity contribution in [2.75, 3.05) is 13.1 Å². The van der Waals surface area contributed by atoms with Crippen molar-refractivity contribution in [3.8, 4) is 5.75 Å². The fraction of sp³-hybridized carbons (Fsp3) is 0.600. The Morgan fingerprint density at radius 1 is 1.06 bits per heavy atom. The topological polar surface area (TPSA) is 23.5 Å². The molecule has 92 valence electrons. The Kier molecular flexibility index (Phi) is 3.06. The van der Waals surface area contributed by atoms with Gasteiger partial charge in [-0.3, -0.25) is 4.90 Å². The molecule has 1 fully saturated rings. The van der Waals surface area contributed by atoms with Crippen LogP contribution in [0.15, 0.2) is 18.2 Å². The predicted octanol–water partition coefficient (Wildman–Crippen LogP) is 3.26. The molecule has 2 heteroatoms. The number of phenolic OH excluding ortho intramolecular Hbond substituents is 1. The minimum absolute atomic E-state index is 0.500. The molecule has 1 heterocycles. The van der Waals surface area contributed by atoms with Crippen LogP contribution in [0.5, 0.6) is 5.75 Å². The van der Waals surface area contributed by atoms with Crippen LogP contribution in [0.2, 0.25) is 0 Å². The highest BCUT2D eigenvalue weighted by molar-refractivity contribution is 5.44. The zero-order valence-electron chi connectivity index (χ0n) is 10.4. The lowest BCUT2D eigenvalue weighted by Gasteiger charge is -2.28. The molecule has 3 rings (SSSR count). The van der Waals surface area contributed by atoms with E-state index in [-0.39, 0.29) is 0 Å². The second-order valence-electron chi connectivity index (χ2n) is 5.35. The summed E-state index contributed by atoms with van der Waals surface area (Å²) in [6, 6.07) is 6.58. The van der Waals surface area contributed by atoms with Gasteiger partial charge in [-0.25, -0.2) is 0 Å². The van der Waals surface area contributed by atoms with Crippen LogP contribution in [0.4, 0.5) is 0 Å². The lowest BCUT2D eigenvalue weighted by atomic mass is 10.1. The molecule has 0 radical (unpaired) electrons. The number of hydrogen-bond donors (Lipinski definition) is 1. The van der Waals surface area contributed by atoms with Gasteiger partial charge in [0.15, 0.2) is 0 Å². The molecule has 0 aromatic heterocycles. The molecule has 0 bridgehead atoms. The number of rotatable bonds is 1. The first-order chi connectivity index (χ1) is 8.36. The van der Waals surface area contributed by atoms with Gasteiger partial charge < -0.3 is 5.11 Å². The first-order valence-electron chi connectivity index (χ1n) is 6.91. The van der Waals surface area contributed by atoms with Gasteiger partial charge >= 0.3 is 0 Å². The van der Waals surface area contributed by atoms with E-state index in [1.165, 1.54) is 56.3 Å². The Bertz CT molecular complexity index is 394. The van der Waals surface area contributed by atoms with E-state index in [4.69, 9.17) is 0 Å². The van der Waals surface area contributed by atoms with Gasteiger partial charge in [0, 0.05) is 6.04 Å². The first kappa shape index (κ1) is 11.1. The van der Waals surface area contributed by atoms with Crippen LogP contribution in [-0.2, 0) is 6.42 Å². The maximum atomic E-state index is 9.88. The van der Waals surface area contributed by atoms with Crippen LogP contribution in [0, 0.1) is 0 Å². The van der Waals surface area contributed by atoms with E-state index < -0.39 is 0 Å². The summed E-state index contributed by atoms with van der Waals surface area (Å²) in [6.07, 6.45) is 7.68. The van der Waals surface area contributed by atoms with Crippen molar-refractivity contribution in [1.29, 1.82) is 0 Å². The molecule has 17 heavy (non-hydrogen) atoms. The first-order valence-corrected chi connectivity index (χ1v) is 6.91. The van der Waals surface area contributed by atoms with Gasteiger partial charge in [-0.1, -0.05) is 25.0 Å². The van der Waals surface area contributed by atoms with E-state index in [1.54, 1.807) is 0 Å². The van der Waals surface area contributed by atoms with E-state index in [1.807, 2.05) is 12.1 Å². The third-order valence-electron chi connectivity index (χ3n) is 4.30. The van der Waals surface area contributed by atoms with Crippen molar-refractivity contribution < 1.29 is 5.11 Å². The van der Waals surface area contributed by atoms with Gasteiger partial charge in [0.1, 0.15) is 5.75 Å². The van der Waals surface area contributed by atoms with Crippen molar-refractivity contribution in [1.82, 2.24) is 4.90 Å². The Balaban J connectivity index is 1.84. The zero-order valence-corrected chi connectivity index (χ0v) is 10.4. The fourth-order valence-corrected chi connectivity index (χ4v) is 3.40. The largest absolute Gasteiger partial charge is 0.508 e. The van der Waals surface area contributed by atoms with E-state index in [0.717, 1.165) is 6.42 Å². The molecule has 1 unspecified atom stereocenters. The Morgan fingerprint density at radius 2 is 1.82 bits per heavy atom. The summed E-state index contributed by atoms with van der Waals surface area (Å²) in [7, 11) is 0. The Morgan fingerprint density at radius 3 is 2.59 bits per heavy atom. The molecule has 1 aliphatic heterocycles. The SMILES string of the molecule is Oc1cccc2c1CCC2N1CCCCCC1. The minimum atomic E-state index is 0.500. The molecule has 1 aliphatic carbocycles. The number of benzene rings is 1. The van der Waals surface area contributed by atoms with Gasteiger partial charge in [-0.15, -0.1) is 0 Å². The number of nitrogens with zero attached hydrogens (tertiary/aromatic N) is 1. The summed E-state index contributed by atoms with van der Waals surface area (Å²) >= 11 is 0. The molecule has 1 saturated heterocycles. The van der Waals surface area contributed by atoms with Crippen molar-refractivity contribution in [3.05, 3.63) is 29.3 Å². The highest BCUT2D eigenvalue weighted by Gasteiger charge is 2.29. The van der Waals surface area contributed by atoms with E-state index in [2.05, 4.69) is 11.0 Å². The number of phenols is 1. The summed E-state index contributed by atoms with van der Waals surface area (Å²) in [6.45, 7) is 2.47. The number of fused-ring (bicyclic) bond motifs is 1. The van der Waals surface area contributed by atoms with Crippen LogP contribution < -0.4 is 0 Å². The third kappa shape index (κ3) is 2.06. The third-order valence-corrected chi connectivity index (χ3v) is 4.30. The van der Waals surface area contributed by atoms with Crippen molar-refractivity contribution >= 4 is 0 Å². The molecule has 1 atom stereocenters. The number of hydrogen-bond acceptors (Lipinski definition) is 2. The van der Waals surface area contributed by atoms with E-state index in [0.29, 0.717) is 11.8 Å². The van der Waals surface area contributed by atoms with E-state index >= 15 is 0 Å². The lowest BCUT2D eigenvalue weighted by molar-refractivity contribution is 0.204. The molecule has 0 amide bonds. The van der Waals surface area contributed by atoms with Gasteiger partial charge in [0.25, 0.3) is 0 Å². The van der Waals surface area contributed by atoms with Crippen LogP contribution in [-0.4, -0.2) is 23.1 Å². The van der Waals surface area contributed by atoms with Crippen LogP contribution >= 0.6 is 0 Å². The normalized spacial score (nSPS) is 25.5. The quantitative estimate of drug-likeness (QED) is 0.802.